The zero-order valence-electron chi connectivity index (χ0n) is 13.0. The minimum absolute atomic E-state index is 0.0517. The maximum atomic E-state index is 12.7. The fourth-order valence-electron chi connectivity index (χ4n) is 2.82. The summed E-state index contributed by atoms with van der Waals surface area (Å²) in [6, 6.07) is 15.9. The maximum Gasteiger partial charge on any atom is 0.322 e. The van der Waals surface area contributed by atoms with Gasteiger partial charge in [-0.05, 0) is 25.5 Å². The monoisotopic (exact) mass is 310 g/mol. The second-order valence-electron chi connectivity index (χ2n) is 5.69. The van der Waals surface area contributed by atoms with E-state index >= 15 is 0 Å². The fourth-order valence-corrected chi connectivity index (χ4v) is 2.82. The Kier molecular flexibility index (Phi) is 3.78. The third-order valence-electron chi connectivity index (χ3n) is 3.73. The van der Waals surface area contributed by atoms with Crippen LogP contribution in [0.4, 0.5) is 4.79 Å². The lowest BCUT2D eigenvalue weighted by atomic mass is 9.82. The molecule has 5 nitrogen and oxygen atoms in total. The molecule has 0 aromatic heterocycles. The molecule has 0 unspecified atom stereocenters. The number of imide groups is 1. The number of hydrogen-bond acceptors (Lipinski definition) is 3. The molecule has 2 N–H and O–H groups in total. The van der Waals surface area contributed by atoms with E-state index in [4.69, 9.17) is 4.74 Å². The summed E-state index contributed by atoms with van der Waals surface area (Å²) in [6.45, 7) is 3.83. The molecule has 3 rings (SSSR count). The van der Waals surface area contributed by atoms with E-state index in [9.17, 15) is 9.59 Å². The van der Waals surface area contributed by atoms with E-state index in [0.717, 1.165) is 0 Å². The molecule has 1 saturated heterocycles. The molecule has 0 aliphatic carbocycles. The van der Waals surface area contributed by atoms with E-state index in [1.54, 1.807) is 12.1 Å². The van der Waals surface area contributed by atoms with E-state index in [-0.39, 0.29) is 6.10 Å². The Bertz CT molecular complexity index is 743. The molecule has 1 aliphatic rings. The number of para-hydroxylation sites is 1. The molecule has 2 aromatic rings. The maximum absolute atomic E-state index is 12.7. The van der Waals surface area contributed by atoms with E-state index in [2.05, 4.69) is 10.6 Å². The third-order valence-corrected chi connectivity index (χ3v) is 3.73. The Hall–Kier alpha value is -2.82. The lowest BCUT2D eigenvalue weighted by Crippen LogP contribution is -2.45. The summed E-state index contributed by atoms with van der Waals surface area (Å²) in [6.07, 6.45) is -0.0517. The molecule has 0 saturated carbocycles. The zero-order chi connectivity index (χ0) is 16.4. The predicted octanol–water partition coefficient (Wildman–Crippen LogP) is 2.56. The van der Waals surface area contributed by atoms with Crippen molar-refractivity contribution in [1.82, 2.24) is 10.6 Å². The van der Waals surface area contributed by atoms with Crippen LogP contribution in [0.2, 0.25) is 0 Å². The Balaban J connectivity index is 2.23. The van der Waals surface area contributed by atoms with Crippen molar-refractivity contribution in [3.63, 3.8) is 0 Å². The summed E-state index contributed by atoms with van der Waals surface area (Å²) in [5, 5.41) is 5.12. The molecule has 118 valence electrons. The highest BCUT2D eigenvalue weighted by molar-refractivity contribution is 6.09. The van der Waals surface area contributed by atoms with Gasteiger partial charge in [-0.1, -0.05) is 48.5 Å². The highest BCUT2D eigenvalue weighted by Crippen LogP contribution is 2.38. The average molecular weight is 310 g/mol. The Morgan fingerprint density at radius 1 is 0.957 bits per heavy atom. The summed E-state index contributed by atoms with van der Waals surface area (Å²) in [7, 11) is 0. The summed E-state index contributed by atoms with van der Waals surface area (Å²) < 4.78 is 5.86. The van der Waals surface area contributed by atoms with E-state index < -0.39 is 17.5 Å². The largest absolute Gasteiger partial charge is 0.491 e. The minimum atomic E-state index is -1.29. The van der Waals surface area contributed by atoms with Crippen LogP contribution in [0.15, 0.2) is 54.6 Å². The number of rotatable bonds is 4. The average Bonchev–Trinajstić information content (AvgIpc) is 2.83. The zero-order valence-corrected chi connectivity index (χ0v) is 13.0. The minimum Gasteiger partial charge on any atom is -0.491 e. The normalized spacial score (nSPS) is 20.3. The number of carbonyl (C=O) groups excluding carboxylic acids is 2. The first kappa shape index (κ1) is 15.1. The van der Waals surface area contributed by atoms with Crippen molar-refractivity contribution in [3.8, 4) is 5.75 Å². The first-order chi connectivity index (χ1) is 11.0. The van der Waals surface area contributed by atoms with Crippen LogP contribution in [0.25, 0.3) is 0 Å². The number of amides is 3. The number of urea groups is 1. The van der Waals surface area contributed by atoms with Crippen LogP contribution in [0.3, 0.4) is 0 Å². The van der Waals surface area contributed by atoms with Crippen molar-refractivity contribution in [2.75, 3.05) is 0 Å². The molecule has 3 amide bonds. The summed E-state index contributed by atoms with van der Waals surface area (Å²) in [4.78, 5) is 24.6. The van der Waals surface area contributed by atoms with Gasteiger partial charge in [-0.2, -0.15) is 0 Å². The molecule has 1 aliphatic heterocycles. The topological polar surface area (TPSA) is 67.4 Å². The second-order valence-corrected chi connectivity index (χ2v) is 5.69. The smallest absolute Gasteiger partial charge is 0.322 e. The third kappa shape index (κ3) is 2.54. The SMILES string of the molecule is CC(C)Oc1ccccc1[C@@]1(c2ccccc2)NC(=O)NC1=O. The van der Waals surface area contributed by atoms with Gasteiger partial charge < -0.3 is 10.1 Å². The van der Waals surface area contributed by atoms with Gasteiger partial charge in [-0.3, -0.25) is 10.1 Å². The first-order valence-corrected chi connectivity index (χ1v) is 7.49. The summed E-state index contributed by atoms with van der Waals surface area (Å²) in [5.74, 6) is 0.164. The van der Waals surface area contributed by atoms with Crippen LogP contribution in [-0.4, -0.2) is 18.0 Å². The molecule has 23 heavy (non-hydrogen) atoms. The number of hydrogen-bond donors (Lipinski definition) is 2. The molecule has 5 heteroatoms. The standard InChI is InChI=1S/C18H18N2O3/c1-12(2)23-15-11-7-6-10-14(15)18(13-8-4-3-5-9-13)16(21)19-17(22)20-18/h3-12H,1-2H3,(H2,19,20,21,22)/t18-/m1/s1. The number of ether oxygens (including phenoxy) is 1. The molecular formula is C18H18N2O3. The Labute approximate surface area is 134 Å². The number of benzene rings is 2. The molecule has 0 spiro atoms. The van der Waals surface area contributed by atoms with Gasteiger partial charge in [-0.15, -0.1) is 0 Å². The van der Waals surface area contributed by atoms with Gasteiger partial charge in [0.05, 0.1) is 6.10 Å². The highest BCUT2D eigenvalue weighted by atomic mass is 16.5. The first-order valence-electron chi connectivity index (χ1n) is 7.49. The van der Waals surface area contributed by atoms with Gasteiger partial charge in [-0.25, -0.2) is 4.79 Å². The van der Waals surface area contributed by atoms with Crippen molar-refractivity contribution >= 4 is 11.9 Å². The van der Waals surface area contributed by atoms with Gasteiger partial charge in [0.1, 0.15) is 5.75 Å². The molecule has 0 bridgehead atoms. The lowest BCUT2D eigenvalue weighted by Gasteiger charge is -2.29. The summed E-state index contributed by atoms with van der Waals surface area (Å²) >= 11 is 0. The van der Waals surface area contributed by atoms with Gasteiger partial charge in [0.25, 0.3) is 5.91 Å². The number of carbonyl (C=O) groups is 2. The quantitative estimate of drug-likeness (QED) is 0.853. The fraction of sp³-hybridized carbons (Fsp3) is 0.222. The van der Waals surface area contributed by atoms with Crippen LogP contribution in [0, 0.1) is 0 Å². The van der Waals surface area contributed by atoms with Gasteiger partial charge in [0, 0.05) is 5.56 Å². The lowest BCUT2D eigenvalue weighted by molar-refractivity contribution is -0.123. The van der Waals surface area contributed by atoms with Crippen molar-refractivity contribution in [3.05, 3.63) is 65.7 Å². The van der Waals surface area contributed by atoms with Crippen LogP contribution in [-0.2, 0) is 10.3 Å². The molecule has 2 aromatic carbocycles. The van der Waals surface area contributed by atoms with Crippen molar-refractivity contribution in [2.45, 2.75) is 25.5 Å². The number of nitrogens with one attached hydrogen (secondary N) is 2. The molecular weight excluding hydrogens is 292 g/mol. The van der Waals surface area contributed by atoms with Crippen LogP contribution in [0.5, 0.6) is 5.75 Å². The van der Waals surface area contributed by atoms with Crippen LogP contribution < -0.4 is 15.4 Å². The van der Waals surface area contributed by atoms with Crippen LogP contribution in [0.1, 0.15) is 25.0 Å². The van der Waals surface area contributed by atoms with E-state index in [1.165, 1.54) is 0 Å². The predicted molar refractivity (Wildman–Crippen MR) is 86.1 cm³/mol. The molecule has 1 fully saturated rings. The van der Waals surface area contributed by atoms with Crippen molar-refractivity contribution < 1.29 is 14.3 Å². The highest BCUT2D eigenvalue weighted by Gasteiger charge is 2.50. The van der Waals surface area contributed by atoms with E-state index in [0.29, 0.717) is 16.9 Å². The Morgan fingerprint density at radius 3 is 2.22 bits per heavy atom. The van der Waals surface area contributed by atoms with Crippen LogP contribution >= 0.6 is 0 Å². The van der Waals surface area contributed by atoms with Gasteiger partial charge in [0.15, 0.2) is 5.54 Å². The second kappa shape index (κ2) is 5.76. The van der Waals surface area contributed by atoms with Gasteiger partial charge in [0.2, 0.25) is 0 Å². The van der Waals surface area contributed by atoms with E-state index in [1.807, 2.05) is 56.3 Å². The van der Waals surface area contributed by atoms with Crippen molar-refractivity contribution in [2.24, 2.45) is 0 Å². The Morgan fingerprint density at radius 2 is 1.61 bits per heavy atom. The summed E-state index contributed by atoms with van der Waals surface area (Å²) in [5.41, 5.74) is 0.00973. The molecule has 1 heterocycles. The molecule has 0 radical (unpaired) electrons. The van der Waals surface area contributed by atoms with Crippen molar-refractivity contribution in [1.29, 1.82) is 0 Å². The van der Waals surface area contributed by atoms with Gasteiger partial charge >= 0.3 is 6.03 Å². The molecule has 1 atom stereocenters.